The van der Waals surface area contributed by atoms with Crippen LogP contribution < -0.4 is 0 Å². The molecule has 0 fully saturated rings. The lowest BCUT2D eigenvalue weighted by atomic mass is 9.95. The number of aromatic amines is 1. The van der Waals surface area contributed by atoms with Crippen LogP contribution in [0.4, 0.5) is 8.78 Å². The first-order chi connectivity index (χ1) is 12.8. The third-order valence-electron chi connectivity index (χ3n) is 4.91. The molecule has 0 aliphatic heterocycles. The molecular formula is C21H24ClF2N3. The molecule has 0 aliphatic rings. The summed E-state index contributed by atoms with van der Waals surface area (Å²) in [7, 11) is 2.00. The molecule has 144 valence electrons. The van der Waals surface area contributed by atoms with Crippen molar-refractivity contribution in [1.29, 1.82) is 0 Å². The number of nitrogens with one attached hydrogen (secondary N) is 1. The predicted octanol–water partition coefficient (Wildman–Crippen LogP) is 5.58. The Morgan fingerprint density at radius 2 is 1.89 bits per heavy atom. The van der Waals surface area contributed by atoms with Gasteiger partial charge in [-0.15, -0.1) is 0 Å². The van der Waals surface area contributed by atoms with Crippen LogP contribution in [-0.2, 0) is 13.0 Å². The van der Waals surface area contributed by atoms with Crippen LogP contribution in [-0.4, -0.2) is 28.2 Å². The van der Waals surface area contributed by atoms with Gasteiger partial charge in [-0.05, 0) is 49.6 Å². The molecule has 1 atom stereocenters. The topological polar surface area (TPSA) is 31.9 Å². The number of nitrogens with zero attached hydrogens (tertiary/aromatic N) is 2. The van der Waals surface area contributed by atoms with E-state index < -0.39 is 11.6 Å². The molecular weight excluding hydrogens is 368 g/mol. The van der Waals surface area contributed by atoms with Gasteiger partial charge in [-0.25, -0.2) is 8.78 Å². The normalized spacial score (nSPS) is 13.0. The number of benzene rings is 2. The van der Waals surface area contributed by atoms with Gasteiger partial charge >= 0.3 is 0 Å². The van der Waals surface area contributed by atoms with Gasteiger partial charge in [-0.3, -0.25) is 10.00 Å². The average molecular weight is 392 g/mol. The fraction of sp³-hybridized carbons (Fsp3) is 0.381. The van der Waals surface area contributed by atoms with Gasteiger partial charge in [0.05, 0.1) is 11.7 Å². The molecule has 3 aromatic rings. The van der Waals surface area contributed by atoms with Crippen LogP contribution in [0.1, 0.15) is 31.4 Å². The summed E-state index contributed by atoms with van der Waals surface area (Å²) in [6, 6.07) is 8.38. The summed E-state index contributed by atoms with van der Waals surface area (Å²) in [5, 5.41) is 8.23. The van der Waals surface area contributed by atoms with Crippen molar-refractivity contribution in [1.82, 2.24) is 15.1 Å². The number of hydrogen-bond donors (Lipinski definition) is 1. The maximum Gasteiger partial charge on any atom is 0.130 e. The average Bonchev–Trinajstić information content (AvgIpc) is 3.06. The van der Waals surface area contributed by atoms with E-state index in [0.717, 1.165) is 22.9 Å². The second kappa shape index (κ2) is 8.36. The van der Waals surface area contributed by atoms with Crippen LogP contribution in [0.5, 0.6) is 0 Å². The molecule has 3 nitrogen and oxygen atoms in total. The summed E-state index contributed by atoms with van der Waals surface area (Å²) < 4.78 is 28.6. The third-order valence-corrected chi connectivity index (χ3v) is 5.13. The predicted molar refractivity (Wildman–Crippen MR) is 106 cm³/mol. The SMILES string of the molecule is CC(C)C[C@@H](Cc1c(F)cc(Cl)cc1F)N(C)Cc1cccc2[nH]ncc12. The highest BCUT2D eigenvalue weighted by Gasteiger charge is 2.22. The maximum absolute atomic E-state index is 14.3. The molecule has 1 N–H and O–H groups in total. The number of rotatable bonds is 7. The molecule has 6 heteroatoms. The van der Waals surface area contributed by atoms with Gasteiger partial charge in [0, 0.05) is 28.6 Å². The van der Waals surface area contributed by atoms with Crippen molar-refractivity contribution in [2.75, 3.05) is 7.05 Å². The first-order valence-corrected chi connectivity index (χ1v) is 9.47. The van der Waals surface area contributed by atoms with Crippen LogP contribution in [0.15, 0.2) is 36.5 Å². The van der Waals surface area contributed by atoms with Gasteiger partial charge in [0.2, 0.25) is 0 Å². The van der Waals surface area contributed by atoms with Crippen molar-refractivity contribution < 1.29 is 8.78 Å². The molecule has 2 aromatic carbocycles. The van der Waals surface area contributed by atoms with E-state index in [2.05, 4.69) is 35.0 Å². The fourth-order valence-corrected chi connectivity index (χ4v) is 3.72. The first kappa shape index (κ1) is 19.8. The van der Waals surface area contributed by atoms with Gasteiger partial charge in [0.15, 0.2) is 0 Å². The second-order valence-corrected chi connectivity index (χ2v) is 7.94. The van der Waals surface area contributed by atoms with Gasteiger partial charge in [-0.1, -0.05) is 37.6 Å². The van der Waals surface area contributed by atoms with E-state index >= 15 is 0 Å². The summed E-state index contributed by atoms with van der Waals surface area (Å²) in [6.45, 7) is 4.91. The smallest absolute Gasteiger partial charge is 0.130 e. The number of hydrogen-bond acceptors (Lipinski definition) is 2. The Labute approximate surface area is 163 Å². The molecule has 0 saturated heterocycles. The number of H-pyrrole nitrogens is 1. The Morgan fingerprint density at radius 3 is 2.56 bits per heavy atom. The van der Waals surface area contributed by atoms with Gasteiger partial charge in [-0.2, -0.15) is 5.10 Å². The van der Waals surface area contributed by atoms with Crippen molar-refractivity contribution in [3.05, 3.63) is 64.3 Å². The van der Waals surface area contributed by atoms with Gasteiger partial charge < -0.3 is 0 Å². The van der Waals surface area contributed by atoms with Crippen LogP contribution in [0.2, 0.25) is 5.02 Å². The minimum atomic E-state index is -0.584. The zero-order valence-corrected chi connectivity index (χ0v) is 16.5. The van der Waals surface area contributed by atoms with Crippen LogP contribution in [0, 0.1) is 17.6 Å². The monoisotopic (exact) mass is 391 g/mol. The Kier molecular flexibility index (Phi) is 6.12. The molecule has 0 aliphatic carbocycles. The number of halogens is 3. The zero-order chi connectivity index (χ0) is 19.6. The summed E-state index contributed by atoms with van der Waals surface area (Å²) in [4.78, 5) is 2.16. The highest BCUT2D eigenvalue weighted by molar-refractivity contribution is 6.30. The van der Waals surface area contributed by atoms with Crippen LogP contribution >= 0.6 is 11.6 Å². The van der Waals surface area contributed by atoms with E-state index in [-0.39, 0.29) is 16.6 Å². The Balaban J connectivity index is 1.85. The highest BCUT2D eigenvalue weighted by Crippen LogP contribution is 2.25. The van der Waals surface area contributed by atoms with Crippen molar-refractivity contribution in [2.24, 2.45) is 5.92 Å². The molecule has 1 aromatic heterocycles. The number of aromatic nitrogens is 2. The molecule has 0 spiro atoms. The van der Waals surface area contributed by atoms with Crippen molar-refractivity contribution in [2.45, 2.75) is 39.3 Å². The van der Waals surface area contributed by atoms with E-state index in [0.29, 0.717) is 18.9 Å². The minimum absolute atomic E-state index is 0.00247. The Bertz CT molecular complexity index is 900. The van der Waals surface area contributed by atoms with Gasteiger partial charge in [0.25, 0.3) is 0 Å². The lowest BCUT2D eigenvalue weighted by molar-refractivity contribution is 0.201. The second-order valence-electron chi connectivity index (χ2n) is 7.50. The van der Waals surface area contributed by atoms with E-state index in [1.807, 2.05) is 25.4 Å². The lowest BCUT2D eigenvalue weighted by Crippen LogP contribution is -2.35. The molecule has 0 amide bonds. The Morgan fingerprint density at radius 1 is 1.19 bits per heavy atom. The zero-order valence-electron chi connectivity index (χ0n) is 15.8. The quantitative estimate of drug-likeness (QED) is 0.569. The standard InChI is InChI=1S/C21H24ClF2N3/c1-13(2)7-16(10-17-19(23)8-15(22)9-20(17)24)27(3)12-14-5-4-6-21-18(14)11-25-26-21/h4-6,8-9,11,13,16H,7,10,12H2,1-3H3,(H,25,26)/t16-/m0/s1. The molecule has 0 radical (unpaired) electrons. The summed E-state index contributed by atoms with van der Waals surface area (Å²) in [5.74, 6) is -0.765. The van der Waals surface area contributed by atoms with Crippen LogP contribution in [0.3, 0.4) is 0 Å². The van der Waals surface area contributed by atoms with E-state index in [4.69, 9.17) is 11.6 Å². The fourth-order valence-electron chi connectivity index (χ4n) is 3.53. The number of likely N-dealkylation sites (N-methyl/N-ethyl adjacent to an activating group) is 1. The molecule has 0 unspecified atom stereocenters. The van der Waals surface area contributed by atoms with Gasteiger partial charge in [0.1, 0.15) is 11.6 Å². The molecule has 1 heterocycles. The maximum atomic E-state index is 14.3. The molecule has 0 saturated carbocycles. The Hall–Kier alpha value is -1.98. The molecule has 0 bridgehead atoms. The molecule has 27 heavy (non-hydrogen) atoms. The first-order valence-electron chi connectivity index (χ1n) is 9.09. The van der Waals surface area contributed by atoms with E-state index in [1.165, 1.54) is 12.1 Å². The van der Waals surface area contributed by atoms with Crippen molar-refractivity contribution in [3.8, 4) is 0 Å². The highest BCUT2D eigenvalue weighted by atomic mass is 35.5. The number of fused-ring (bicyclic) bond motifs is 1. The van der Waals surface area contributed by atoms with E-state index in [1.54, 1.807) is 0 Å². The lowest BCUT2D eigenvalue weighted by Gasteiger charge is -2.30. The summed E-state index contributed by atoms with van der Waals surface area (Å²) in [6.07, 6.45) is 2.94. The van der Waals surface area contributed by atoms with Crippen molar-refractivity contribution >= 4 is 22.5 Å². The minimum Gasteiger partial charge on any atom is -0.299 e. The molecule has 3 rings (SSSR count). The van der Waals surface area contributed by atoms with Crippen LogP contribution in [0.25, 0.3) is 10.9 Å². The largest absolute Gasteiger partial charge is 0.299 e. The summed E-state index contributed by atoms with van der Waals surface area (Å²) in [5.41, 5.74) is 2.21. The van der Waals surface area contributed by atoms with E-state index in [9.17, 15) is 8.78 Å². The summed E-state index contributed by atoms with van der Waals surface area (Å²) >= 11 is 5.76. The van der Waals surface area contributed by atoms with Crippen molar-refractivity contribution in [3.63, 3.8) is 0 Å². The third kappa shape index (κ3) is 4.66.